The van der Waals surface area contributed by atoms with E-state index in [1.807, 2.05) is 91.9 Å². The molecule has 0 saturated heterocycles. The van der Waals surface area contributed by atoms with Gasteiger partial charge in [0, 0.05) is 33.8 Å². The number of aryl methyl sites for hydroxylation is 1. The standard InChI is InChI=1S/C34H30Cl2N6O2/c1-21-27-14-12-24(18-28(27)42-41-21)31-32(36)40-33(39-31)29(16-22-8-4-2-5-9-22)38-34(43)37-19-25-17-26(35)13-15-30(25)44-20-23-10-6-3-7-11-23/h2-15,17-18,29H,16,19-20H2,1H3,(H,39,40)(H,41,42)(H2,37,38,43)/t29-/m0/s1. The molecule has 0 fully saturated rings. The summed E-state index contributed by atoms with van der Waals surface area (Å²) in [7, 11) is 0. The zero-order chi connectivity index (χ0) is 30.5. The van der Waals surface area contributed by atoms with Crippen LogP contribution < -0.4 is 15.4 Å². The van der Waals surface area contributed by atoms with Crippen molar-refractivity contribution in [2.45, 2.75) is 32.5 Å². The normalized spacial score (nSPS) is 11.8. The molecule has 222 valence electrons. The van der Waals surface area contributed by atoms with Crippen LogP contribution in [0.4, 0.5) is 4.79 Å². The summed E-state index contributed by atoms with van der Waals surface area (Å²) in [6, 6.07) is 30.2. The molecular weight excluding hydrogens is 595 g/mol. The number of H-pyrrole nitrogens is 2. The zero-order valence-electron chi connectivity index (χ0n) is 23.9. The Kier molecular flexibility index (Phi) is 8.81. The lowest BCUT2D eigenvalue weighted by Crippen LogP contribution is -2.38. The van der Waals surface area contributed by atoms with Gasteiger partial charge in [0.25, 0.3) is 0 Å². The fourth-order valence-electron chi connectivity index (χ4n) is 5.03. The van der Waals surface area contributed by atoms with E-state index in [9.17, 15) is 4.79 Å². The summed E-state index contributed by atoms with van der Waals surface area (Å²) in [6.45, 7) is 2.58. The first kappa shape index (κ1) is 29.3. The van der Waals surface area contributed by atoms with Crippen LogP contribution >= 0.6 is 23.2 Å². The third-order valence-electron chi connectivity index (χ3n) is 7.31. The summed E-state index contributed by atoms with van der Waals surface area (Å²) in [4.78, 5) is 21.3. The summed E-state index contributed by atoms with van der Waals surface area (Å²) in [5, 5.41) is 15.4. The van der Waals surface area contributed by atoms with Gasteiger partial charge in [-0.15, -0.1) is 0 Å². The molecule has 2 heterocycles. The number of carbonyl (C=O) groups excluding carboxylic acids is 1. The molecule has 6 aromatic rings. The Bertz CT molecular complexity index is 1890. The van der Waals surface area contributed by atoms with E-state index in [2.05, 4.69) is 25.8 Å². The molecular formula is C34H30Cl2N6O2. The molecule has 0 saturated carbocycles. The Labute approximate surface area is 264 Å². The Balaban J connectivity index is 1.19. The monoisotopic (exact) mass is 624 g/mol. The van der Waals surface area contributed by atoms with Crippen molar-refractivity contribution in [3.8, 4) is 17.0 Å². The first-order valence-electron chi connectivity index (χ1n) is 14.2. The zero-order valence-corrected chi connectivity index (χ0v) is 25.4. The molecule has 0 spiro atoms. The Morgan fingerprint density at radius 1 is 0.932 bits per heavy atom. The van der Waals surface area contributed by atoms with Gasteiger partial charge in [-0.3, -0.25) is 5.10 Å². The number of imidazole rings is 1. The Morgan fingerprint density at radius 2 is 1.68 bits per heavy atom. The highest BCUT2D eigenvalue weighted by molar-refractivity contribution is 6.32. The molecule has 0 bridgehead atoms. The van der Waals surface area contributed by atoms with Gasteiger partial charge in [-0.05, 0) is 48.7 Å². The second-order valence-electron chi connectivity index (χ2n) is 10.5. The highest BCUT2D eigenvalue weighted by Gasteiger charge is 2.22. The molecule has 8 nitrogen and oxygen atoms in total. The molecule has 0 radical (unpaired) electrons. The first-order chi connectivity index (χ1) is 21.4. The smallest absolute Gasteiger partial charge is 0.315 e. The van der Waals surface area contributed by atoms with E-state index in [0.717, 1.165) is 38.9 Å². The number of aromatic nitrogens is 4. The number of carbonyl (C=O) groups is 1. The third kappa shape index (κ3) is 6.88. The SMILES string of the molecule is Cc1[nH]nc2cc(-c3nc([C@H](Cc4ccccc4)NC(=O)NCc4cc(Cl)ccc4OCc4ccccc4)[nH]c3Cl)ccc12. The van der Waals surface area contributed by atoms with Crippen molar-refractivity contribution in [1.29, 1.82) is 0 Å². The Hall–Kier alpha value is -4.79. The number of benzene rings is 4. The predicted octanol–water partition coefficient (Wildman–Crippen LogP) is 7.93. The lowest BCUT2D eigenvalue weighted by atomic mass is 10.1. The molecule has 0 aliphatic heterocycles. The lowest BCUT2D eigenvalue weighted by molar-refractivity contribution is 0.235. The average Bonchev–Trinajstić information content (AvgIpc) is 3.62. The van der Waals surface area contributed by atoms with E-state index in [4.69, 9.17) is 32.9 Å². The van der Waals surface area contributed by atoms with Crippen molar-refractivity contribution in [2.75, 3.05) is 0 Å². The molecule has 6 rings (SSSR count). The fourth-order valence-corrected chi connectivity index (χ4v) is 5.47. The minimum absolute atomic E-state index is 0.210. The number of ether oxygens (including phenoxy) is 1. The van der Waals surface area contributed by atoms with E-state index in [1.54, 1.807) is 12.1 Å². The summed E-state index contributed by atoms with van der Waals surface area (Å²) in [6.07, 6.45) is 0.498. The van der Waals surface area contributed by atoms with Crippen LogP contribution in [0.2, 0.25) is 10.2 Å². The third-order valence-corrected chi connectivity index (χ3v) is 7.82. The molecule has 2 aromatic heterocycles. The second-order valence-corrected chi connectivity index (χ2v) is 11.3. The average molecular weight is 626 g/mol. The van der Waals surface area contributed by atoms with E-state index in [-0.39, 0.29) is 12.6 Å². The molecule has 44 heavy (non-hydrogen) atoms. The van der Waals surface area contributed by atoms with Crippen molar-refractivity contribution in [1.82, 2.24) is 30.8 Å². The minimum Gasteiger partial charge on any atom is -0.489 e. The molecule has 2 amide bonds. The van der Waals surface area contributed by atoms with Gasteiger partial charge >= 0.3 is 6.03 Å². The maximum Gasteiger partial charge on any atom is 0.315 e. The number of urea groups is 1. The van der Waals surface area contributed by atoms with Crippen molar-refractivity contribution < 1.29 is 9.53 Å². The van der Waals surface area contributed by atoms with Crippen molar-refractivity contribution in [3.63, 3.8) is 0 Å². The number of fused-ring (bicyclic) bond motifs is 1. The van der Waals surface area contributed by atoms with Gasteiger partial charge in [0.15, 0.2) is 0 Å². The van der Waals surface area contributed by atoms with Gasteiger partial charge in [0.1, 0.15) is 29.0 Å². The maximum atomic E-state index is 13.3. The van der Waals surface area contributed by atoms with Gasteiger partial charge < -0.3 is 20.4 Å². The number of aromatic amines is 2. The Morgan fingerprint density at radius 3 is 2.45 bits per heavy atom. The largest absolute Gasteiger partial charge is 0.489 e. The number of nitrogens with zero attached hydrogens (tertiary/aromatic N) is 2. The van der Waals surface area contributed by atoms with Crippen LogP contribution in [0, 0.1) is 6.92 Å². The molecule has 4 N–H and O–H groups in total. The fraction of sp³-hybridized carbons (Fsp3) is 0.147. The number of hydrogen-bond donors (Lipinski definition) is 4. The number of amides is 2. The number of nitrogens with one attached hydrogen (secondary N) is 4. The van der Waals surface area contributed by atoms with Gasteiger partial charge in [-0.25, -0.2) is 9.78 Å². The molecule has 0 unspecified atom stereocenters. The summed E-state index contributed by atoms with van der Waals surface area (Å²) in [5.74, 6) is 1.18. The maximum absolute atomic E-state index is 13.3. The first-order valence-corrected chi connectivity index (χ1v) is 14.9. The highest BCUT2D eigenvalue weighted by Crippen LogP contribution is 2.31. The van der Waals surface area contributed by atoms with Crippen LogP contribution in [0.5, 0.6) is 5.75 Å². The van der Waals surface area contributed by atoms with E-state index in [1.165, 1.54) is 0 Å². The molecule has 1 atom stereocenters. The van der Waals surface area contributed by atoms with E-state index < -0.39 is 6.04 Å². The number of rotatable bonds is 10. The van der Waals surface area contributed by atoms with Crippen LogP contribution in [0.3, 0.4) is 0 Å². The summed E-state index contributed by atoms with van der Waals surface area (Å²) >= 11 is 13.0. The topological polar surface area (TPSA) is 108 Å². The van der Waals surface area contributed by atoms with Crippen LogP contribution in [-0.2, 0) is 19.6 Å². The predicted molar refractivity (Wildman–Crippen MR) is 174 cm³/mol. The molecule has 0 aliphatic rings. The van der Waals surface area contributed by atoms with E-state index in [0.29, 0.717) is 40.5 Å². The van der Waals surface area contributed by atoms with Crippen LogP contribution in [0.25, 0.3) is 22.2 Å². The van der Waals surface area contributed by atoms with E-state index >= 15 is 0 Å². The van der Waals surface area contributed by atoms with Crippen LogP contribution in [-0.4, -0.2) is 26.2 Å². The lowest BCUT2D eigenvalue weighted by Gasteiger charge is -2.18. The van der Waals surface area contributed by atoms with Crippen LogP contribution in [0.15, 0.2) is 97.1 Å². The van der Waals surface area contributed by atoms with Crippen molar-refractivity contribution in [3.05, 3.63) is 135 Å². The van der Waals surface area contributed by atoms with Crippen molar-refractivity contribution >= 4 is 40.1 Å². The molecule has 0 aliphatic carbocycles. The quantitative estimate of drug-likeness (QED) is 0.124. The van der Waals surface area contributed by atoms with Gasteiger partial charge in [-0.2, -0.15) is 5.10 Å². The minimum atomic E-state index is -0.492. The summed E-state index contributed by atoms with van der Waals surface area (Å²) < 4.78 is 6.06. The summed E-state index contributed by atoms with van der Waals surface area (Å²) in [5.41, 5.74) is 6.06. The number of halogens is 2. The highest BCUT2D eigenvalue weighted by atomic mass is 35.5. The van der Waals surface area contributed by atoms with Crippen LogP contribution in [0.1, 0.15) is 34.3 Å². The van der Waals surface area contributed by atoms with Crippen molar-refractivity contribution in [2.24, 2.45) is 0 Å². The van der Waals surface area contributed by atoms with Gasteiger partial charge in [-0.1, -0.05) is 96.0 Å². The van der Waals surface area contributed by atoms with Gasteiger partial charge in [0.05, 0.1) is 11.6 Å². The second kappa shape index (κ2) is 13.2. The molecule has 4 aromatic carbocycles. The van der Waals surface area contributed by atoms with Gasteiger partial charge in [0.2, 0.25) is 0 Å². The molecule has 10 heteroatoms. The number of hydrogen-bond acceptors (Lipinski definition) is 4.